The third-order valence-corrected chi connectivity index (χ3v) is 3.53. The Hall–Kier alpha value is -1.67. The van der Waals surface area contributed by atoms with Crippen molar-refractivity contribution in [2.45, 2.75) is 6.10 Å². The van der Waals surface area contributed by atoms with Gasteiger partial charge in [-0.2, -0.15) is 0 Å². The van der Waals surface area contributed by atoms with Crippen LogP contribution in [-0.2, 0) is 0 Å². The highest BCUT2D eigenvalue weighted by molar-refractivity contribution is 7.10. The number of rotatable bonds is 4. The lowest BCUT2D eigenvalue weighted by Crippen LogP contribution is -2.15. The Morgan fingerprint density at radius 3 is 2.05 bits per heavy atom. The molecule has 1 heterocycles. The molecule has 1 atom stereocenters. The third-order valence-electron chi connectivity index (χ3n) is 2.55. The minimum absolute atomic E-state index is 0.390. The van der Waals surface area contributed by atoms with Crippen LogP contribution in [0.5, 0.6) is 0 Å². The van der Waals surface area contributed by atoms with E-state index >= 15 is 0 Å². The summed E-state index contributed by atoms with van der Waals surface area (Å²) in [4.78, 5) is 0.501. The van der Waals surface area contributed by atoms with E-state index in [1.807, 2.05) is 5.32 Å². The number of anilines is 1. The monoisotopic (exact) mass is 309 g/mol. The van der Waals surface area contributed by atoms with Crippen LogP contribution in [0.1, 0.15) is 11.0 Å². The van der Waals surface area contributed by atoms with Crippen LogP contribution in [0.4, 0.5) is 27.6 Å². The Morgan fingerprint density at radius 1 is 1.00 bits per heavy atom. The first-order valence-electron chi connectivity index (χ1n) is 5.40. The Morgan fingerprint density at radius 2 is 1.55 bits per heavy atom. The van der Waals surface area contributed by atoms with Gasteiger partial charge in [0.2, 0.25) is 5.82 Å². The molecule has 0 aliphatic carbocycles. The molecule has 0 aliphatic heterocycles. The second-order valence-corrected chi connectivity index (χ2v) is 4.84. The molecule has 2 aromatic rings. The van der Waals surface area contributed by atoms with Crippen LogP contribution in [-0.4, -0.2) is 11.7 Å². The number of benzene rings is 1. The molecule has 8 heteroatoms. The Bertz CT molecular complexity index is 588. The summed E-state index contributed by atoms with van der Waals surface area (Å²) < 4.78 is 65.4. The number of hydrogen-bond donors (Lipinski definition) is 2. The molecular formula is C12H8F5NOS. The lowest BCUT2D eigenvalue weighted by molar-refractivity contribution is 0.195. The van der Waals surface area contributed by atoms with Crippen molar-refractivity contribution in [1.29, 1.82) is 0 Å². The zero-order chi connectivity index (χ0) is 14.9. The van der Waals surface area contributed by atoms with E-state index in [9.17, 15) is 27.1 Å². The van der Waals surface area contributed by atoms with E-state index < -0.39 is 47.4 Å². The molecule has 0 radical (unpaired) electrons. The number of halogens is 5. The van der Waals surface area contributed by atoms with Crippen LogP contribution in [0.3, 0.4) is 0 Å². The van der Waals surface area contributed by atoms with Gasteiger partial charge in [0.05, 0.1) is 0 Å². The van der Waals surface area contributed by atoms with Gasteiger partial charge in [0.1, 0.15) is 11.8 Å². The fraction of sp³-hybridized carbons (Fsp3) is 0.167. The highest BCUT2D eigenvalue weighted by Crippen LogP contribution is 2.28. The van der Waals surface area contributed by atoms with Crippen molar-refractivity contribution in [3.8, 4) is 0 Å². The van der Waals surface area contributed by atoms with Crippen LogP contribution in [0.2, 0.25) is 0 Å². The average Bonchev–Trinajstić information content (AvgIpc) is 2.97. The van der Waals surface area contributed by atoms with Gasteiger partial charge in [-0.25, -0.2) is 22.0 Å². The first kappa shape index (κ1) is 14.7. The van der Waals surface area contributed by atoms with Gasteiger partial charge in [-0.3, -0.25) is 0 Å². The van der Waals surface area contributed by atoms with Crippen molar-refractivity contribution < 1.29 is 27.1 Å². The molecule has 0 saturated carbocycles. The summed E-state index contributed by atoms with van der Waals surface area (Å²) >= 11 is 1.20. The SMILES string of the molecule is OC(CNc1c(F)c(F)c(F)c(F)c1F)c1cccs1. The maximum atomic E-state index is 13.3. The predicted molar refractivity (Wildman–Crippen MR) is 64.0 cm³/mol. The van der Waals surface area contributed by atoms with E-state index in [1.165, 1.54) is 11.3 Å². The smallest absolute Gasteiger partial charge is 0.200 e. The molecule has 1 aromatic carbocycles. The van der Waals surface area contributed by atoms with E-state index in [0.29, 0.717) is 4.88 Å². The van der Waals surface area contributed by atoms with Gasteiger partial charge in [-0.15, -0.1) is 11.3 Å². The minimum Gasteiger partial charge on any atom is -0.386 e. The highest BCUT2D eigenvalue weighted by Gasteiger charge is 2.26. The molecular weight excluding hydrogens is 301 g/mol. The number of aliphatic hydroxyl groups excluding tert-OH is 1. The maximum Gasteiger partial charge on any atom is 0.200 e. The van der Waals surface area contributed by atoms with Crippen LogP contribution in [0.25, 0.3) is 0 Å². The normalized spacial score (nSPS) is 12.5. The van der Waals surface area contributed by atoms with E-state index in [1.54, 1.807) is 17.5 Å². The van der Waals surface area contributed by atoms with E-state index in [4.69, 9.17) is 0 Å². The second-order valence-electron chi connectivity index (χ2n) is 3.86. The van der Waals surface area contributed by atoms with Crippen molar-refractivity contribution in [3.63, 3.8) is 0 Å². The molecule has 108 valence electrons. The minimum atomic E-state index is -2.22. The lowest BCUT2D eigenvalue weighted by atomic mass is 10.2. The molecule has 2 rings (SSSR count). The molecule has 0 fully saturated rings. The van der Waals surface area contributed by atoms with Gasteiger partial charge in [0.25, 0.3) is 0 Å². The van der Waals surface area contributed by atoms with Crippen LogP contribution >= 0.6 is 11.3 Å². The molecule has 2 nitrogen and oxygen atoms in total. The van der Waals surface area contributed by atoms with E-state index in [0.717, 1.165) is 0 Å². The van der Waals surface area contributed by atoms with Gasteiger partial charge in [-0.05, 0) is 11.4 Å². The lowest BCUT2D eigenvalue weighted by Gasteiger charge is -2.13. The topological polar surface area (TPSA) is 32.3 Å². The highest BCUT2D eigenvalue weighted by atomic mass is 32.1. The summed E-state index contributed by atoms with van der Waals surface area (Å²) in [5.41, 5.74) is -1.16. The van der Waals surface area contributed by atoms with Crippen molar-refractivity contribution in [2.24, 2.45) is 0 Å². The number of nitrogens with one attached hydrogen (secondary N) is 1. The van der Waals surface area contributed by atoms with Crippen molar-refractivity contribution in [3.05, 3.63) is 51.5 Å². The summed E-state index contributed by atoms with van der Waals surface area (Å²) in [6.07, 6.45) is -1.12. The molecule has 2 N–H and O–H groups in total. The molecule has 0 bridgehead atoms. The zero-order valence-corrected chi connectivity index (χ0v) is 10.6. The number of hydrogen-bond acceptors (Lipinski definition) is 3. The molecule has 0 saturated heterocycles. The first-order valence-corrected chi connectivity index (χ1v) is 6.28. The fourth-order valence-corrected chi connectivity index (χ4v) is 2.25. The van der Waals surface area contributed by atoms with Crippen LogP contribution < -0.4 is 5.32 Å². The Balaban J connectivity index is 2.22. The molecule has 20 heavy (non-hydrogen) atoms. The predicted octanol–water partition coefficient (Wildman–Crippen LogP) is 3.59. The second kappa shape index (κ2) is 5.76. The van der Waals surface area contributed by atoms with Crippen LogP contribution in [0.15, 0.2) is 17.5 Å². The van der Waals surface area contributed by atoms with E-state index in [-0.39, 0.29) is 0 Å². The molecule has 0 amide bonds. The summed E-state index contributed by atoms with van der Waals surface area (Å²) in [5, 5.41) is 13.4. The maximum absolute atomic E-state index is 13.3. The molecule has 0 aliphatic rings. The van der Waals surface area contributed by atoms with Gasteiger partial charge < -0.3 is 10.4 Å². The standard InChI is InChI=1S/C12H8F5NOS/c13-7-8(14)10(16)12(11(17)9(7)15)18-4-5(19)6-2-1-3-20-6/h1-3,5,18-19H,4H2. The summed E-state index contributed by atoms with van der Waals surface area (Å²) in [6.45, 7) is -0.390. The van der Waals surface area contributed by atoms with E-state index in [2.05, 4.69) is 0 Å². The molecule has 0 spiro atoms. The summed E-state index contributed by atoms with van der Waals surface area (Å²) in [5.74, 6) is -10.2. The van der Waals surface area contributed by atoms with Crippen molar-refractivity contribution >= 4 is 17.0 Å². The van der Waals surface area contributed by atoms with Crippen LogP contribution in [0, 0.1) is 29.1 Å². The average molecular weight is 309 g/mol. The fourth-order valence-electron chi connectivity index (χ4n) is 1.54. The quantitative estimate of drug-likeness (QED) is 0.514. The third kappa shape index (κ3) is 2.61. The van der Waals surface area contributed by atoms with Gasteiger partial charge in [0.15, 0.2) is 23.3 Å². The van der Waals surface area contributed by atoms with Crippen molar-refractivity contribution in [2.75, 3.05) is 11.9 Å². The Labute approximate surface area is 114 Å². The first-order chi connectivity index (χ1) is 9.43. The molecule has 1 unspecified atom stereocenters. The summed E-state index contributed by atoms with van der Waals surface area (Å²) in [7, 11) is 0. The largest absolute Gasteiger partial charge is 0.386 e. The number of thiophene rings is 1. The molecule has 1 aromatic heterocycles. The van der Waals surface area contributed by atoms with Crippen molar-refractivity contribution in [1.82, 2.24) is 0 Å². The van der Waals surface area contributed by atoms with Gasteiger partial charge in [0, 0.05) is 11.4 Å². The Kier molecular flexibility index (Phi) is 4.24. The number of aliphatic hydroxyl groups is 1. The van der Waals surface area contributed by atoms with Gasteiger partial charge >= 0.3 is 0 Å². The summed E-state index contributed by atoms with van der Waals surface area (Å²) in [6, 6.07) is 3.23. The zero-order valence-electron chi connectivity index (χ0n) is 9.76. The van der Waals surface area contributed by atoms with Gasteiger partial charge in [-0.1, -0.05) is 6.07 Å².